The van der Waals surface area contributed by atoms with E-state index in [0.29, 0.717) is 12.1 Å². The molecule has 25 heavy (non-hydrogen) atoms. The topological polar surface area (TPSA) is 39.6 Å². The predicted molar refractivity (Wildman–Crippen MR) is 91.7 cm³/mol. The molecular weight excluding hydrogens is 331 g/mol. The van der Waals surface area contributed by atoms with E-state index in [1.54, 1.807) is 20.0 Å². The number of aromatic nitrogens is 1. The number of piperazine rings is 1. The zero-order chi connectivity index (χ0) is 18.2. The van der Waals surface area contributed by atoms with Crippen LogP contribution in [0.4, 0.5) is 18.9 Å². The highest BCUT2D eigenvalue weighted by molar-refractivity contribution is 5.92. The summed E-state index contributed by atoms with van der Waals surface area (Å²) in [4.78, 5) is 8.47. The van der Waals surface area contributed by atoms with Crippen LogP contribution in [0.25, 0.3) is 10.9 Å². The Kier molecular flexibility index (Phi) is 4.64. The van der Waals surface area contributed by atoms with Gasteiger partial charge in [-0.05, 0) is 32.0 Å². The summed E-state index contributed by atoms with van der Waals surface area (Å²) in [7, 11) is 0. The molecule has 0 atom stereocenters. The summed E-state index contributed by atoms with van der Waals surface area (Å²) in [6, 6.07) is 5.56. The van der Waals surface area contributed by atoms with Crippen molar-refractivity contribution in [3.05, 3.63) is 36.0 Å². The van der Waals surface area contributed by atoms with Crippen LogP contribution in [0, 0.1) is 0 Å². The monoisotopic (exact) mass is 353 g/mol. The highest BCUT2D eigenvalue weighted by Crippen LogP contribution is 2.33. The van der Waals surface area contributed by atoms with Crippen LogP contribution in [0.2, 0.25) is 0 Å². The number of pyridine rings is 1. The van der Waals surface area contributed by atoms with Gasteiger partial charge in [0.25, 0.3) is 0 Å². The van der Waals surface area contributed by atoms with Gasteiger partial charge in [-0.2, -0.15) is 13.2 Å². The van der Waals surface area contributed by atoms with Crippen LogP contribution < -0.4 is 4.90 Å². The number of halogens is 3. The second kappa shape index (κ2) is 6.46. The van der Waals surface area contributed by atoms with Gasteiger partial charge in [0.05, 0.1) is 16.7 Å². The quantitative estimate of drug-likeness (QED) is 0.920. The third-order valence-electron chi connectivity index (χ3n) is 4.37. The second-order valence-corrected chi connectivity index (χ2v) is 7.14. The Morgan fingerprint density at radius 2 is 1.76 bits per heavy atom. The average molecular weight is 353 g/mol. The molecule has 1 aliphatic rings. The minimum Gasteiger partial charge on any atom is -0.389 e. The van der Waals surface area contributed by atoms with Gasteiger partial charge < -0.3 is 10.0 Å². The fourth-order valence-corrected chi connectivity index (χ4v) is 3.28. The van der Waals surface area contributed by atoms with E-state index in [2.05, 4.69) is 14.8 Å². The Balaban J connectivity index is 1.81. The van der Waals surface area contributed by atoms with Crippen molar-refractivity contribution in [3.8, 4) is 0 Å². The van der Waals surface area contributed by atoms with Crippen molar-refractivity contribution in [2.45, 2.75) is 25.6 Å². The van der Waals surface area contributed by atoms with E-state index in [1.165, 1.54) is 6.07 Å². The zero-order valence-electron chi connectivity index (χ0n) is 14.3. The van der Waals surface area contributed by atoms with Gasteiger partial charge in [-0.25, -0.2) is 0 Å². The largest absolute Gasteiger partial charge is 0.416 e. The van der Waals surface area contributed by atoms with Crippen molar-refractivity contribution in [2.24, 2.45) is 0 Å². The number of hydrogen-bond donors (Lipinski definition) is 1. The first-order valence-corrected chi connectivity index (χ1v) is 8.29. The highest BCUT2D eigenvalue weighted by Gasteiger charge is 2.31. The maximum Gasteiger partial charge on any atom is 0.416 e. The number of anilines is 1. The molecule has 0 bridgehead atoms. The maximum absolute atomic E-state index is 12.9. The van der Waals surface area contributed by atoms with Crippen LogP contribution in [0.1, 0.15) is 19.4 Å². The molecule has 1 aromatic carbocycles. The average Bonchev–Trinajstić information content (AvgIpc) is 2.52. The molecule has 136 valence electrons. The van der Waals surface area contributed by atoms with Gasteiger partial charge in [0.2, 0.25) is 0 Å². The van der Waals surface area contributed by atoms with Crippen molar-refractivity contribution in [1.82, 2.24) is 9.88 Å². The van der Waals surface area contributed by atoms with Gasteiger partial charge >= 0.3 is 6.18 Å². The number of alkyl halides is 3. The van der Waals surface area contributed by atoms with E-state index in [4.69, 9.17) is 0 Å². The lowest BCUT2D eigenvalue weighted by molar-refractivity contribution is -0.137. The molecule has 3 rings (SSSR count). The number of hydrogen-bond acceptors (Lipinski definition) is 4. The lowest BCUT2D eigenvalue weighted by Crippen LogP contribution is -2.50. The molecule has 0 spiro atoms. The molecule has 0 amide bonds. The Morgan fingerprint density at radius 1 is 1.08 bits per heavy atom. The summed E-state index contributed by atoms with van der Waals surface area (Å²) in [6.45, 7) is 7.30. The summed E-state index contributed by atoms with van der Waals surface area (Å²) in [6.07, 6.45) is -2.81. The van der Waals surface area contributed by atoms with E-state index >= 15 is 0 Å². The SMILES string of the molecule is CC(C)(O)CN1CCN(c2ccnc3cc(C(F)(F)F)ccc23)CC1. The van der Waals surface area contributed by atoms with Crippen LogP contribution >= 0.6 is 0 Å². The summed E-state index contributed by atoms with van der Waals surface area (Å²) in [5.74, 6) is 0. The fraction of sp³-hybridized carbons (Fsp3) is 0.500. The van der Waals surface area contributed by atoms with Crippen LogP contribution in [0.5, 0.6) is 0 Å². The molecule has 1 aliphatic heterocycles. The van der Waals surface area contributed by atoms with Crippen molar-refractivity contribution in [3.63, 3.8) is 0 Å². The van der Waals surface area contributed by atoms with Crippen molar-refractivity contribution < 1.29 is 18.3 Å². The number of nitrogens with zero attached hydrogens (tertiary/aromatic N) is 3. The van der Waals surface area contributed by atoms with E-state index in [0.717, 1.165) is 49.4 Å². The number of β-amino-alcohol motifs (C(OH)–C–C–N with tert-alkyl or cyclic N) is 1. The molecule has 0 aliphatic carbocycles. The molecule has 1 fully saturated rings. The van der Waals surface area contributed by atoms with Crippen molar-refractivity contribution >= 4 is 16.6 Å². The summed E-state index contributed by atoms with van der Waals surface area (Å²) in [5.41, 5.74) is -0.160. The molecule has 0 unspecified atom stereocenters. The predicted octanol–water partition coefficient (Wildman–Crippen LogP) is 3.15. The second-order valence-electron chi connectivity index (χ2n) is 7.14. The maximum atomic E-state index is 12.9. The minimum absolute atomic E-state index is 0.353. The van der Waals surface area contributed by atoms with Gasteiger partial charge in [0.1, 0.15) is 0 Å². The van der Waals surface area contributed by atoms with Gasteiger partial charge in [-0.1, -0.05) is 6.07 Å². The summed E-state index contributed by atoms with van der Waals surface area (Å²) < 4.78 is 38.7. The van der Waals surface area contributed by atoms with E-state index in [1.807, 2.05) is 6.07 Å². The van der Waals surface area contributed by atoms with Crippen LogP contribution in [-0.4, -0.2) is 53.3 Å². The molecule has 1 saturated heterocycles. The van der Waals surface area contributed by atoms with E-state index < -0.39 is 17.3 Å². The first kappa shape index (κ1) is 17.9. The Bertz CT molecular complexity index is 747. The molecule has 1 aromatic heterocycles. The van der Waals surface area contributed by atoms with Gasteiger partial charge in [-0.15, -0.1) is 0 Å². The standard InChI is InChI=1S/C18H22F3N3O/c1-17(2,25)12-23-7-9-24(10-8-23)16-5-6-22-15-11-13(18(19,20)21)3-4-14(15)16/h3-6,11,25H,7-10,12H2,1-2H3. The number of benzene rings is 1. The molecular formula is C18H22F3N3O. The van der Waals surface area contributed by atoms with Gasteiger partial charge in [0, 0.05) is 50.0 Å². The summed E-state index contributed by atoms with van der Waals surface area (Å²) >= 11 is 0. The third-order valence-corrected chi connectivity index (χ3v) is 4.37. The van der Waals surface area contributed by atoms with Gasteiger partial charge in [-0.3, -0.25) is 9.88 Å². The van der Waals surface area contributed by atoms with Crippen molar-refractivity contribution in [2.75, 3.05) is 37.6 Å². The highest BCUT2D eigenvalue weighted by atomic mass is 19.4. The summed E-state index contributed by atoms with van der Waals surface area (Å²) in [5, 5.41) is 10.7. The molecule has 0 radical (unpaired) electrons. The third kappa shape index (κ3) is 4.22. The minimum atomic E-state index is -4.37. The Morgan fingerprint density at radius 3 is 2.36 bits per heavy atom. The molecule has 4 nitrogen and oxygen atoms in total. The number of aliphatic hydroxyl groups is 1. The Labute approximate surface area is 144 Å². The van der Waals surface area contributed by atoms with E-state index in [-0.39, 0.29) is 0 Å². The van der Waals surface area contributed by atoms with Crippen LogP contribution in [-0.2, 0) is 6.18 Å². The lowest BCUT2D eigenvalue weighted by Gasteiger charge is -2.38. The molecule has 1 N–H and O–H groups in total. The lowest BCUT2D eigenvalue weighted by atomic mass is 10.1. The van der Waals surface area contributed by atoms with Crippen LogP contribution in [0.3, 0.4) is 0 Å². The van der Waals surface area contributed by atoms with Crippen molar-refractivity contribution in [1.29, 1.82) is 0 Å². The molecule has 0 saturated carbocycles. The molecule has 7 heteroatoms. The fourth-order valence-electron chi connectivity index (χ4n) is 3.28. The number of rotatable bonds is 3. The normalized spacial score (nSPS) is 17.3. The number of fused-ring (bicyclic) bond motifs is 1. The zero-order valence-corrected chi connectivity index (χ0v) is 14.3. The first-order chi connectivity index (χ1) is 11.6. The first-order valence-electron chi connectivity index (χ1n) is 8.29. The van der Waals surface area contributed by atoms with Gasteiger partial charge in [0.15, 0.2) is 0 Å². The van der Waals surface area contributed by atoms with Crippen LogP contribution in [0.15, 0.2) is 30.5 Å². The smallest absolute Gasteiger partial charge is 0.389 e. The molecule has 2 heterocycles. The Hall–Kier alpha value is -1.86. The van der Waals surface area contributed by atoms with E-state index in [9.17, 15) is 18.3 Å². The molecule has 2 aromatic rings.